The molecule has 0 aliphatic heterocycles. The van der Waals surface area contributed by atoms with Crippen molar-refractivity contribution >= 4 is 11.6 Å². The molecule has 2 rings (SSSR count). The summed E-state index contributed by atoms with van der Waals surface area (Å²) in [6.07, 6.45) is 1.69. The summed E-state index contributed by atoms with van der Waals surface area (Å²) in [5.41, 5.74) is 7.34. The van der Waals surface area contributed by atoms with Crippen LogP contribution in [0.3, 0.4) is 0 Å². The van der Waals surface area contributed by atoms with E-state index in [1.807, 2.05) is 64.1 Å². The fourth-order valence-electron chi connectivity index (χ4n) is 2.57. The molecule has 4 nitrogen and oxygen atoms in total. The van der Waals surface area contributed by atoms with Crippen molar-refractivity contribution in [2.75, 3.05) is 0 Å². The Morgan fingerprint density at radius 2 is 1.77 bits per heavy atom. The molecule has 0 aliphatic rings. The average molecular weight is 297 g/mol. The largest absolute Gasteiger partial charge is 0.318 e. The van der Waals surface area contributed by atoms with Gasteiger partial charge < -0.3 is 4.57 Å². The predicted octanol–water partition coefficient (Wildman–Crippen LogP) is 4.00. The number of nitrogens with zero attached hydrogens (tertiary/aromatic N) is 2. The molecule has 0 saturated heterocycles. The molecule has 22 heavy (non-hydrogen) atoms. The number of para-hydroxylation sites is 1. The summed E-state index contributed by atoms with van der Waals surface area (Å²) in [4.78, 5) is 12.4. The molecule has 0 bridgehead atoms. The Labute approximate surface area is 131 Å². The summed E-state index contributed by atoms with van der Waals surface area (Å²) in [5.74, 6) is -0.158. The molecule has 1 heterocycles. The Bertz CT molecular complexity index is 678. The molecule has 0 fully saturated rings. The number of hydrogen-bond donors (Lipinski definition) is 1. The third-order valence-corrected chi connectivity index (χ3v) is 3.82. The van der Waals surface area contributed by atoms with E-state index >= 15 is 0 Å². The number of hydrogen-bond acceptors (Lipinski definition) is 2. The van der Waals surface area contributed by atoms with Crippen LogP contribution >= 0.6 is 0 Å². The maximum atomic E-state index is 12.4. The van der Waals surface area contributed by atoms with E-state index in [0.717, 1.165) is 35.6 Å². The monoisotopic (exact) mass is 297 g/mol. The summed E-state index contributed by atoms with van der Waals surface area (Å²) in [7, 11) is 0. The fraction of sp³-hybridized carbons (Fsp3) is 0.333. The Kier molecular flexibility index (Phi) is 5.15. The van der Waals surface area contributed by atoms with Gasteiger partial charge in [-0.25, -0.2) is 5.43 Å². The molecule has 1 aromatic carbocycles. The summed E-state index contributed by atoms with van der Waals surface area (Å²) in [6, 6.07) is 11.9. The van der Waals surface area contributed by atoms with Gasteiger partial charge in [0.1, 0.15) is 0 Å². The second-order valence-electron chi connectivity index (χ2n) is 5.28. The predicted molar refractivity (Wildman–Crippen MR) is 90.7 cm³/mol. The average Bonchev–Trinajstić information content (AvgIpc) is 2.84. The van der Waals surface area contributed by atoms with E-state index in [2.05, 4.69) is 15.1 Å². The number of nitrogens with one attached hydrogen (secondary N) is 1. The van der Waals surface area contributed by atoms with E-state index in [1.165, 1.54) is 0 Å². The van der Waals surface area contributed by atoms with Crippen LogP contribution in [0.4, 0.5) is 0 Å². The van der Waals surface area contributed by atoms with Crippen molar-refractivity contribution in [3.05, 3.63) is 53.3 Å². The molecule has 0 radical (unpaired) electrons. The van der Waals surface area contributed by atoms with Crippen molar-refractivity contribution in [2.24, 2.45) is 5.10 Å². The topological polar surface area (TPSA) is 46.4 Å². The first-order chi connectivity index (χ1) is 10.6. The molecule has 0 atom stereocenters. The van der Waals surface area contributed by atoms with Gasteiger partial charge in [0.05, 0.1) is 5.56 Å². The van der Waals surface area contributed by atoms with Crippen molar-refractivity contribution in [3.8, 4) is 5.69 Å². The Morgan fingerprint density at radius 1 is 1.14 bits per heavy atom. The van der Waals surface area contributed by atoms with Crippen LogP contribution in [0.1, 0.15) is 48.4 Å². The highest BCUT2D eigenvalue weighted by molar-refractivity contribution is 5.97. The molecule has 1 N–H and O–H groups in total. The zero-order valence-electron chi connectivity index (χ0n) is 13.7. The van der Waals surface area contributed by atoms with Crippen LogP contribution in [0.25, 0.3) is 5.69 Å². The lowest BCUT2D eigenvalue weighted by molar-refractivity contribution is 0.0954. The van der Waals surface area contributed by atoms with Crippen molar-refractivity contribution in [2.45, 2.75) is 40.5 Å². The van der Waals surface area contributed by atoms with Crippen LogP contribution in [0.2, 0.25) is 0 Å². The number of hydrazone groups is 1. The molecule has 1 amide bonds. The lowest BCUT2D eigenvalue weighted by Crippen LogP contribution is -2.20. The number of carbonyl (C=O) groups excluding carboxylic acids is 1. The van der Waals surface area contributed by atoms with E-state index in [0.29, 0.717) is 5.56 Å². The molecular weight excluding hydrogens is 274 g/mol. The second-order valence-corrected chi connectivity index (χ2v) is 5.28. The van der Waals surface area contributed by atoms with Gasteiger partial charge >= 0.3 is 0 Å². The van der Waals surface area contributed by atoms with Crippen molar-refractivity contribution in [1.29, 1.82) is 0 Å². The summed E-state index contributed by atoms with van der Waals surface area (Å²) in [6.45, 7) is 8.04. The first-order valence-electron chi connectivity index (χ1n) is 7.68. The number of aromatic nitrogens is 1. The quantitative estimate of drug-likeness (QED) is 0.658. The molecule has 1 aromatic heterocycles. The number of benzene rings is 1. The maximum Gasteiger partial charge on any atom is 0.273 e. The summed E-state index contributed by atoms with van der Waals surface area (Å²) < 4.78 is 2.08. The van der Waals surface area contributed by atoms with Crippen LogP contribution in [0.5, 0.6) is 0 Å². The van der Waals surface area contributed by atoms with Gasteiger partial charge in [0, 0.05) is 22.8 Å². The molecule has 0 saturated carbocycles. The normalized spacial score (nSPS) is 10.4. The van der Waals surface area contributed by atoms with Crippen LogP contribution < -0.4 is 5.43 Å². The first-order valence-corrected chi connectivity index (χ1v) is 7.68. The van der Waals surface area contributed by atoms with E-state index in [4.69, 9.17) is 0 Å². The first kappa shape index (κ1) is 16.0. The molecule has 2 aromatic rings. The van der Waals surface area contributed by atoms with Gasteiger partial charge in [-0.2, -0.15) is 5.10 Å². The molecule has 4 heteroatoms. The minimum atomic E-state index is -0.158. The Hall–Kier alpha value is -2.36. The summed E-state index contributed by atoms with van der Waals surface area (Å²) in [5, 5.41) is 4.20. The third-order valence-electron chi connectivity index (χ3n) is 3.82. The van der Waals surface area contributed by atoms with Gasteiger partial charge in [-0.15, -0.1) is 0 Å². The second kappa shape index (κ2) is 7.07. The van der Waals surface area contributed by atoms with Gasteiger partial charge in [-0.1, -0.05) is 32.0 Å². The molecule has 0 aliphatic carbocycles. The van der Waals surface area contributed by atoms with Crippen molar-refractivity contribution < 1.29 is 4.79 Å². The standard InChI is InChI=1S/C18H23N3O/c1-5-15(6-2)19-20-18(22)17-12-13(3)21(14(17)4)16-10-8-7-9-11-16/h7-12H,5-6H2,1-4H3,(H,20,22). The summed E-state index contributed by atoms with van der Waals surface area (Å²) >= 11 is 0. The Balaban J connectivity index is 2.31. The number of carbonyl (C=O) groups is 1. The highest BCUT2D eigenvalue weighted by atomic mass is 16.2. The lowest BCUT2D eigenvalue weighted by Gasteiger charge is -2.09. The lowest BCUT2D eigenvalue weighted by atomic mass is 10.2. The van der Waals surface area contributed by atoms with Gasteiger partial charge in [0.25, 0.3) is 5.91 Å². The molecule has 0 spiro atoms. The van der Waals surface area contributed by atoms with Gasteiger partial charge in [-0.3, -0.25) is 4.79 Å². The number of amides is 1. The van der Waals surface area contributed by atoms with Crippen LogP contribution in [-0.4, -0.2) is 16.2 Å². The van der Waals surface area contributed by atoms with Crippen molar-refractivity contribution in [3.63, 3.8) is 0 Å². The number of aryl methyl sites for hydroxylation is 1. The highest BCUT2D eigenvalue weighted by Gasteiger charge is 2.16. The van der Waals surface area contributed by atoms with Crippen LogP contribution in [-0.2, 0) is 0 Å². The van der Waals surface area contributed by atoms with E-state index < -0.39 is 0 Å². The minimum absolute atomic E-state index is 0.158. The zero-order chi connectivity index (χ0) is 16.1. The third kappa shape index (κ3) is 3.27. The van der Waals surface area contributed by atoms with E-state index in [1.54, 1.807) is 0 Å². The minimum Gasteiger partial charge on any atom is -0.318 e. The van der Waals surface area contributed by atoms with Crippen LogP contribution in [0.15, 0.2) is 41.5 Å². The molecular formula is C18H23N3O. The number of rotatable bonds is 5. The van der Waals surface area contributed by atoms with Gasteiger partial charge in [-0.05, 0) is 44.9 Å². The fourth-order valence-corrected chi connectivity index (χ4v) is 2.57. The smallest absolute Gasteiger partial charge is 0.273 e. The van der Waals surface area contributed by atoms with Gasteiger partial charge in [0.15, 0.2) is 0 Å². The Morgan fingerprint density at radius 3 is 2.36 bits per heavy atom. The zero-order valence-corrected chi connectivity index (χ0v) is 13.7. The van der Waals surface area contributed by atoms with E-state index in [9.17, 15) is 4.79 Å². The van der Waals surface area contributed by atoms with Gasteiger partial charge in [0.2, 0.25) is 0 Å². The highest BCUT2D eigenvalue weighted by Crippen LogP contribution is 2.20. The van der Waals surface area contributed by atoms with Crippen LogP contribution in [0, 0.1) is 13.8 Å². The SMILES string of the molecule is CCC(CC)=NNC(=O)c1cc(C)n(-c2ccccc2)c1C. The maximum absolute atomic E-state index is 12.4. The van der Waals surface area contributed by atoms with E-state index in [-0.39, 0.29) is 5.91 Å². The molecule has 0 unspecified atom stereocenters. The molecule has 116 valence electrons. The van der Waals surface area contributed by atoms with Crippen molar-refractivity contribution in [1.82, 2.24) is 9.99 Å².